The Morgan fingerprint density at radius 3 is 2.52 bits per heavy atom. The quantitative estimate of drug-likeness (QED) is 0.913. The molecule has 1 aromatic rings. The van der Waals surface area contributed by atoms with Crippen molar-refractivity contribution in [2.24, 2.45) is 5.41 Å². The third kappa shape index (κ3) is 3.51. The normalized spacial score (nSPS) is 22.8. The fourth-order valence-corrected chi connectivity index (χ4v) is 4.24. The molecule has 1 saturated carbocycles. The van der Waals surface area contributed by atoms with Gasteiger partial charge in [0, 0.05) is 12.1 Å². The van der Waals surface area contributed by atoms with Crippen molar-refractivity contribution in [3.63, 3.8) is 0 Å². The first kappa shape index (κ1) is 15.1. The molecule has 1 N–H and O–H groups in total. The maximum atomic E-state index is 5.93. The molecule has 1 spiro atoms. The van der Waals surface area contributed by atoms with Crippen LogP contribution in [0, 0.1) is 12.3 Å². The van der Waals surface area contributed by atoms with Gasteiger partial charge in [0.1, 0.15) is 11.5 Å². The van der Waals surface area contributed by atoms with Crippen LogP contribution in [0.3, 0.4) is 0 Å². The number of piperidine rings is 1. The summed E-state index contributed by atoms with van der Waals surface area (Å²) in [7, 11) is 1.99. The van der Waals surface area contributed by atoms with Gasteiger partial charge in [-0.15, -0.1) is 0 Å². The van der Waals surface area contributed by atoms with Crippen molar-refractivity contribution in [3.05, 3.63) is 23.2 Å². The SMILES string of the molecule is CNCc1cc(CN2CCC3(CCCCC3)CC2)oc1C. The van der Waals surface area contributed by atoms with E-state index < -0.39 is 0 Å². The van der Waals surface area contributed by atoms with Crippen LogP contribution in [0.25, 0.3) is 0 Å². The molecule has 0 aromatic carbocycles. The van der Waals surface area contributed by atoms with E-state index in [-0.39, 0.29) is 0 Å². The molecule has 1 aliphatic heterocycles. The third-order valence-electron chi connectivity index (χ3n) is 5.65. The first-order valence-electron chi connectivity index (χ1n) is 8.66. The molecular formula is C18H30N2O. The van der Waals surface area contributed by atoms with E-state index >= 15 is 0 Å². The summed E-state index contributed by atoms with van der Waals surface area (Å²) in [4.78, 5) is 2.58. The fraction of sp³-hybridized carbons (Fsp3) is 0.778. The molecule has 1 saturated heterocycles. The van der Waals surface area contributed by atoms with Gasteiger partial charge in [-0.2, -0.15) is 0 Å². The molecule has 3 rings (SSSR count). The van der Waals surface area contributed by atoms with Crippen LogP contribution in [0.2, 0.25) is 0 Å². The molecule has 1 aliphatic carbocycles. The lowest BCUT2D eigenvalue weighted by Crippen LogP contribution is -2.40. The minimum absolute atomic E-state index is 0.700. The Kier molecular flexibility index (Phi) is 4.70. The highest BCUT2D eigenvalue weighted by molar-refractivity contribution is 5.20. The molecule has 118 valence electrons. The van der Waals surface area contributed by atoms with Gasteiger partial charge in [0.25, 0.3) is 0 Å². The zero-order chi connectivity index (χ0) is 14.7. The molecule has 0 radical (unpaired) electrons. The summed E-state index contributed by atoms with van der Waals surface area (Å²) in [6.45, 7) is 6.46. The molecule has 0 unspecified atom stereocenters. The molecule has 0 bridgehead atoms. The lowest BCUT2D eigenvalue weighted by molar-refractivity contribution is 0.0607. The van der Waals surface area contributed by atoms with E-state index in [1.807, 2.05) is 7.05 Å². The summed E-state index contributed by atoms with van der Waals surface area (Å²) in [5.41, 5.74) is 2.00. The van der Waals surface area contributed by atoms with Crippen molar-refractivity contribution >= 4 is 0 Å². The van der Waals surface area contributed by atoms with E-state index in [1.54, 1.807) is 0 Å². The molecule has 1 aromatic heterocycles. The van der Waals surface area contributed by atoms with Gasteiger partial charge in [-0.05, 0) is 64.2 Å². The van der Waals surface area contributed by atoms with Gasteiger partial charge >= 0.3 is 0 Å². The Morgan fingerprint density at radius 1 is 1.14 bits per heavy atom. The number of hydrogen-bond donors (Lipinski definition) is 1. The average Bonchev–Trinajstić information content (AvgIpc) is 2.83. The molecule has 3 heteroatoms. The number of nitrogens with zero attached hydrogens (tertiary/aromatic N) is 1. The number of furan rings is 1. The highest BCUT2D eigenvalue weighted by Crippen LogP contribution is 2.44. The van der Waals surface area contributed by atoms with Gasteiger partial charge in [-0.1, -0.05) is 19.3 Å². The minimum Gasteiger partial charge on any atom is -0.465 e. The van der Waals surface area contributed by atoms with E-state index in [0.29, 0.717) is 5.41 Å². The second-order valence-electron chi connectivity index (χ2n) is 7.16. The van der Waals surface area contributed by atoms with Crippen LogP contribution in [0.1, 0.15) is 62.0 Å². The number of hydrogen-bond acceptors (Lipinski definition) is 3. The molecule has 0 amide bonds. The predicted molar refractivity (Wildman–Crippen MR) is 86.2 cm³/mol. The molecule has 21 heavy (non-hydrogen) atoms. The van der Waals surface area contributed by atoms with Crippen LogP contribution >= 0.6 is 0 Å². The number of rotatable bonds is 4. The van der Waals surface area contributed by atoms with E-state index in [1.165, 1.54) is 63.6 Å². The second kappa shape index (κ2) is 6.53. The van der Waals surface area contributed by atoms with Crippen molar-refractivity contribution in [1.82, 2.24) is 10.2 Å². The van der Waals surface area contributed by atoms with Gasteiger partial charge in [0.15, 0.2) is 0 Å². The lowest BCUT2D eigenvalue weighted by Gasteiger charge is -2.44. The van der Waals surface area contributed by atoms with Crippen LogP contribution in [0.4, 0.5) is 0 Å². The van der Waals surface area contributed by atoms with E-state index in [9.17, 15) is 0 Å². The zero-order valence-electron chi connectivity index (χ0n) is 13.7. The van der Waals surface area contributed by atoms with Crippen LogP contribution in [0.5, 0.6) is 0 Å². The standard InChI is InChI=1S/C18H30N2O/c1-15-16(13-19-2)12-17(21-15)14-20-10-8-18(9-11-20)6-4-3-5-7-18/h12,19H,3-11,13-14H2,1-2H3. The topological polar surface area (TPSA) is 28.4 Å². The number of likely N-dealkylation sites (tertiary alicyclic amines) is 1. The van der Waals surface area contributed by atoms with Crippen molar-refractivity contribution in [2.45, 2.75) is 65.0 Å². The molecule has 2 aliphatic rings. The van der Waals surface area contributed by atoms with Gasteiger partial charge in [-0.3, -0.25) is 4.90 Å². The lowest BCUT2D eigenvalue weighted by atomic mass is 9.68. The Labute approximate surface area is 129 Å². The number of aryl methyl sites for hydroxylation is 1. The average molecular weight is 290 g/mol. The van der Waals surface area contributed by atoms with Crippen molar-refractivity contribution in [3.8, 4) is 0 Å². The Balaban J connectivity index is 1.54. The van der Waals surface area contributed by atoms with Crippen LogP contribution in [-0.4, -0.2) is 25.0 Å². The zero-order valence-corrected chi connectivity index (χ0v) is 13.7. The van der Waals surface area contributed by atoms with E-state index in [4.69, 9.17) is 4.42 Å². The maximum absolute atomic E-state index is 5.93. The predicted octanol–water partition coefficient (Wildman–Crippen LogP) is 3.85. The van der Waals surface area contributed by atoms with Gasteiger partial charge in [-0.25, -0.2) is 0 Å². The summed E-state index contributed by atoms with van der Waals surface area (Å²) in [6, 6.07) is 2.23. The first-order valence-corrected chi connectivity index (χ1v) is 8.66. The summed E-state index contributed by atoms with van der Waals surface area (Å²) < 4.78 is 5.93. The van der Waals surface area contributed by atoms with Gasteiger partial charge < -0.3 is 9.73 Å². The molecular weight excluding hydrogens is 260 g/mol. The first-order chi connectivity index (χ1) is 10.2. The maximum Gasteiger partial charge on any atom is 0.118 e. The highest BCUT2D eigenvalue weighted by atomic mass is 16.3. The van der Waals surface area contributed by atoms with Crippen LogP contribution in [-0.2, 0) is 13.1 Å². The molecule has 2 fully saturated rings. The summed E-state index contributed by atoms with van der Waals surface area (Å²) in [5, 5.41) is 3.21. The van der Waals surface area contributed by atoms with E-state index in [2.05, 4.69) is 23.2 Å². The van der Waals surface area contributed by atoms with Crippen molar-refractivity contribution in [1.29, 1.82) is 0 Å². The highest BCUT2D eigenvalue weighted by Gasteiger charge is 2.35. The molecule has 2 heterocycles. The summed E-state index contributed by atoms with van der Waals surface area (Å²) in [6.07, 6.45) is 10.1. The summed E-state index contributed by atoms with van der Waals surface area (Å²) in [5.74, 6) is 2.21. The van der Waals surface area contributed by atoms with Crippen LogP contribution < -0.4 is 5.32 Å². The number of nitrogens with one attached hydrogen (secondary N) is 1. The Bertz CT molecular complexity index is 450. The van der Waals surface area contributed by atoms with Crippen LogP contribution in [0.15, 0.2) is 10.5 Å². The van der Waals surface area contributed by atoms with Crippen molar-refractivity contribution in [2.75, 3.05) is 20.1 Å². The van der Waals surface area contributed by atoms with Crippen molar-refractivity contribution < 1.29 is 4.42 Å². The second-order valence-corrected chi connectivity index (χ2v) is 7.16. The Morgan fingerprint density at radius 2 is 1.86 bits per heavy atom. The summed E-state index contributed by atoms with van der Waals surface area (Å²) >= 11 is 0. The van der Waals surface area contributed by atoms with Gasteiger partial charge in [0.2, 0.25) is 0 Å². The molecule has 3 nitrogen and oxygen atoms in total. The largest absolute Gasteiger partial charge is 0.465 e. The smallest absolute Gasteiger partial charge is 0.118 e. The van der Waals surface area contributed by atoms with E-state index in [0.717, 1.165) is 24.6 Å². The Hall–Kier alpha value is -0.800. The molecule has 0 atom stereocenters. The fourth-order valence-electron chi connectivity index (χ4n) is 4.24. The monoisotopic (exact) mass is 290 g/mol. The van der Waals surface area contributed by atoms with Gasteiger partial charge in [0.05, 0.1) is 6.54 Å². The minimum atomic E-state index is 0.700. The third-order valence-corrected chi connectivity index (χ3v) is 5.65.